The van der Waals surface area contributed by atoms with Crippen molar-refractivity contribution in [3.05, 3.63) is 24.3 Å². The van der Waals surface area contributed by atoms with Gasteiger partial charge in [0.05, 0.1) is 17.4 Å². The van der Waals surface area contributed by atoms with E-state index in [4.69, 9.17) is 5.73 Å². The normalized spacial score (nSPS) is 20.0. The van der Waals surface area contributed by atoms with Gasteiger partial charge in [-0.15, -0.1) is 0 Å². The molecule has 2 unspecified atom stereocenters. The number of rotatable bonds is 4. The molecule has 1 saturated heterocycles. The molecule has 7 heteroatoms. The number of nitrogens with zero attached hydrogens (tertiary/aromatic N) is 1. The van der Waals surface area contributed by atoms with E-state index in [-0.39, 0.29) is 23.6 Å². The minimum Gasteiger partial charge on any atom is -0.327 e. The zero-order valence-corrected chi connectivity index (χ0v) is 13.1. The number of hydrogen-bond acceptors (Lipinski definition) is 4. The Kier molecular flexibility index (Phi) is 4.53. The number of hydrogen-bond donors (Lipinski definition) is 2. The van der Waals surface area contributed by atoms with Gasteiger partial charge in [0.2, 0.25) is 15.9 Å². The number of benzene rings is 1. The van der Waals surface area contributed by atoms with Crippen LogP contribution in [-0.4, -0.2) is 32.7 Å². The van der Waals surface area contributed by atoms with Crippen molar-refractivity contribution < 1.29 is 13.2 Å². The lowest BCUT2D eigenvalue weighted by molar-refractivity contribution is -0.119. The van der Waals surface area contributed by atoms with Gasteiger partial charge < -0.3 is 11.1 Å². The molecule has 1 fully saturated rings. The van der Waals surface area contributed by atoms with Crippen LogP contribution >= 0.6 is 0 Å². The van der Waals surface area contributed by atoms with Crippen molar-refractivity contribution in [2.45, 2.75) is 26.3 Å². The van der Waals surface area contributed by atoms with E-state index >= 15 is 0 Å². The summed E-state index contributed by atoms with van der Waals surface area (Å²) < 4.78 is 25.1. The summed E-state index contributed by atoms with van der Waals surface area (Å²) in [6.07, 6.45) is 0.646. The predicted molar refractivity (Wildman–Crippen MR) is 83.6 cm³/mol. The zero-order chi connectivity index (χ0) is 15.6. The first kappa shape index (κ1) is 15.8. The van der Waals surface area contributed by atoms with Gasteiger partial charge >= 0.3 is 0 Å². The summed E-state index contributed by atoms with van der Waals surface area (Å²) in [5, 5.41) is 2.77. The fourth-order valence-electron chi connectivity index (χ4n) is 2.14. The first-order valence-corrected chi connectivity index (χ1v) is 8.59. The summed E-state index contributed by atoms with van der Waals surface area (Å²) in [6.45, 7) is 4.06. The number of carbonyl (C=O) groups excluding carboxylic acids is 1. The van der Waals surface area contributed by atoms with Gasteiger partial charge in [-0.05, 0) is 37.6 Å². The number of anilines is 2. The highest BCUT2D eigenvalue weighted by molar-refractivity contribution is 7.93. The molecule has 1 aromatic carbocycles. The third-order valence-corrected chi connectivity index (χ3v) is 5.59. The molecule has 0 aliphatic carbocycles. The van der Waals surface area contributed by atoms with Crippen LogP contribution in [0.25, 0.3) is 0 Å². The molecule has 1 aliphatic heterocycles. The molecular formula is C14H21N3O3S. The SMILES string of the molecule is CC(N)C(C)C(=O)Nc1ccc(N2CCCS2(=O)=O)cc1. The van der Waals surface area contributed by atoms with Crippen LogP contribution in [0, 0.1) is 5.92 Å². The Balaban J connectivity index is 2.08. The molecule has 1 heterocycles. The van der Waals surface area contributed by atoms with E-state index in [0.29, 0.717) is 24.3 Å². The van der Waals surface area contributed by atoms with Gasteiger partial charge in [0.25, 0.3) is 0 Å². The lowest BCUT2D eigenvalue weighted by Crippen LogP contribution is -2.34. The van der Waals surface area contributed by atoms with E-state index in [2.05, 4.69) is 5.32 Å². The Morgan fingerprint density at radius 2 is 1.90 bits per heavy atom. The fraction of sp³-hybridized carbons (Fsp3) is 0.500. The monoisotopic (exact) mass is 311 g/mol. The molecule has 1 aliphatic rings. The number of nitrogens with one attached hydrogen (secondary N) is 1. The Hall–Kier alpha value is -1.60. The van der Waals surface area contributed by atoms with E-state index < -0.39 is 10.0 Å². The topological polar surface area (TPSA) is 92.5 Å². The van der Waals surface area contributed by atoms with E-state index in [0.717, 1.165) is 0 Å². The van der Waals surface area contributed by atoms with Crippen molar-refractivity contribution in [3.8, 4) is 0 Å². The highest BCUT2D eigenvalue weighted by Gasteiger charge is 2.28. The molecule has 3 N–H and O–H groups in total. The summed E-state index contributed by atoms with van der Waals surface area (Å²) >= 11 is 0. The minimum atomic E-state index is -3.17. The van der Waals surface area contributed by atoms with Crippen LogP contribution in [0.1, 0.15) is 20.3 Å². The van der Waals surface area contributed by atoms with Crippen molar-refractivity contribution in [3.63, 3.8) is 0 Å². The molecule has 0 radical (unpaired) electrons. The maximum atomic E-state index is 11.9. The van der Waals surface area contributed by atoms with Crippen LogP contribution < -0.4 is 15.4 Å². The lowest BCUT2D eigenvalue weighted by atomic mass is 10.0. The maximum absolute atomic E-state index is 11.9. The molecule has 116 valence electrons. The smallest absolute Gasteiger partial charge is 0.235 e. The molecule has 1 aromatic rings. The highest BCUT2D eigenvalue weighted by atomic mass is 32.2. The Bertz CT molecular complexity index is 611. The number of amides is 1. The van der Waals surface area contributed by atoms with E-state index in [1.165, 1.54) is 4.31 Å². The van der Waals surface area contributed by atoms with E-state index in [1.54, 1.807) is 38.1 Å². The fourth-order valence-corrected chi connectivity index (χ4v) is 3.70. The predicted octanol–water partition coefficient (Wildman–Crippen LogP) is 1.15. The van der Waals surface area contributed by atoms with E-state index in [1.807, 2.05) is 0 Å². The second kappa shape index (κ2) is 6.03. The minimum absolute atomic E-state index is 0.147. The van der Waals surface area contributed by atoms with Crippen molar-refractivity contribution in [2.75, 3.05) is 21.9 Å². The molecule has 2 rings (SSSR count). The zero-order valence-electron chi connectivity index (χ0n) is 12.2. The third-order valence-electron chi connectivity index (χ3n) is 3.72. The molecule has 0 aromatic heterocycles. The molecule has 6 nitrogen and oxygen atoms in total. The van der Waals surface area contributed by atoms with Gasteiger partial charge in [-0.3, -0.25) is 9.10 Å². The maximum Gasteiger partial charge on any atom is 0.235 e. The highest BCUT2D eigenvalue weighted by Crippen LogP contribution is 2.25. The van der Waals surface area contributed by atoms with Crippen molar-refractivity contribution in [1.29, 1.82) is 0 Å². The summed E-state index contributed by atoms with van der Waals surface area (Å²) in [7, 11) is -3.17. The molecule has 0 saturated carbocycles. The molecule has 1 amide bonds. The van der Waals surface area contributed by atoms with Crippen molar-refractivity contribution >= 4 is 27.3 Å². The summed E-state index contributed by atoms with van der Waals surface area (Å²) in [5.41, 5.74) is 6.96. The van der Waals surface area contributed by atoms with Gasteiger partial charge in [-0.2, -0.15) is 0 Å². The van der Waals surface area contributed by atoms with Gasteiger partial charge in [-0.25, -0.2) is 8.42 Å². The number of sulfonamides is 1. The van der Waals surface area contributed by atoms with Gasteiger partial charge in [0.15, 0.2) is 0 Å². The van der Waals surface area contributed by atoms with Gasteiger partial charge in [0, 0.05) is 18.3 Å². The lowest BCUT2D eigenvalue weighted by Gasteiger charge is -2.18. The molecule has 2 atom stereocenters. The summed E-state index contributed by atoms with van der Waals surface area (Å²) in [6, 6.07) is 6.59. The Morgan fingerprint density at radius 3 is 2.38 bits per heavy atom. The summed E-state index contributed by atoms with van der Waals surface area (Å²) in [5.74, 6) is -0.243. The quantitative estimate of drug-likeness (QED) is 0.872. The largest absolute Gasteiger partial charge is 0.327 e. The average Bonchev–Trinajstić information content (AvgIpc) is 2.78. The number of nitrogens with two attached hydrogens (primary N) is 1. The van der Waals surface area contributed by atoms with Crippen molar-refractivity contribution in [2.24, 2.45) is 11.7 Å². The molecular weight excluding hydrogens is 290 g/mol. The van der Waals surface area contributed by atoms with Crippen molar-refractivity contribution in [1.82, 2.24) is 0 Å². The van der Waals surface area contributed by atoms with Crippen LogP contribution in [0.3, 0.4) is 0 Å². The Labute approximate surface area is 125 Å². The number of carbonyl (C=O) groups is 1. The first-order valence-electron chi connectivity index (χ1n) is 6.98. The second-order valence-electron chi connectivity index (χ2n) is 5.43. The third kappa shape index (κ3) is 3.54. The Morgan fingerprint density at radius 1 is 1.29 bits per heavy atom. The average molecular weight is 311 g/mol. The van der Waals surface area contributed by atoms with Crippen LogP contribution in [0.2, 0.25) is 0 Å². The van der Waals surface area contributed by atoms with Crippen LogP contribution in [0.15, 0.2) is 24.3 Å². The molecule has 0 bridgehead atoms. The van der Waals surface area contributed by atoms with Gasteiger partial charge in [-0.1, -0.05) is 6.92 Å². The van der Waals surface area contributed by atoms with Gasteiger partial charge in [0.1, 0.15) is 0 Å². The second-order valence-corrected chi connectivity index (χ2v) is 7.44. The molecule has 0 spiro atoms. The first-order chi connectivity index (χ1) is 9.81. The molecule has 21 heavy (non-hydrogen) atoms. The van der Waals surface area contributed by atoms with E-state index in [9.17, 15) is 13.2 Å². The summed E-state index contributed by atoms with van der Waals surface area (Å²) in [4.78, 5) is 11.9. The van der Waals surface area contributed by atoms with Crippen LogP contribution in [0.4, 0.5) is 11.4 Å². The van der Waals surface area contributed by atoms with Crippen LogP contribution in [0.5, 0.6) is 0 Å². The standard InChI is InChI=1S/C14H21N3O3S/c1-10(11(2)15)14(18)16-12-4-6-13(7-5-12)17-8-3-9-21(17,19)20/h4-7,10-11H,3,8-9,15H2,1-2H3,(H,16,18). The van der Waals surface area contributed by atoms with Crippen LogP contribution in [-0.2, 0) is 14.8 Å².